The fourth-order valence-electron chi connectivity index (χ4n) is 0.955. The third kappa shape index (κ3) is 7.83. The van der Waals surface area contributed by atoms with Crippen molar-refractivity contribution in [3.63, 3.8) is 0 Å². The molecule has 0 fully saturated rings. The Hall–Kier alpha value is 0.790. The van der Waals surface area contributed by atoms with Crippen LogP contribution in [0.25, 0.3) is 0 Å². The molecule has 0 N–H and O–H groups in total. The highest BCUT2D eigenvalue weighted by Crippen LogP contribution is 2.19. The second-order valence-electron chi connectivity index (χ2n) is 3.58. The monoisotopic (exact) mass is 268 g/mol. The van der Waals surface area contributed by atoms with Crippen molar-refractivity contribution in [2.45, 2.75) is 20.3 Å². The number of ether oxygens (including phenoxy) is 1. The smallest absolute Gasteiger partial charge is 0.0470 e. The topological polar surface area (TPSA) is 9.23 Å². The van der Waals surface area contributed by atoms with E-state index in [0.29, 0.717) is 0 Å². The Morgan fingerprint density at radius 1 is 1.38 bits per heavy atom. The van der Waals surface area contributed by atoms with Gasteiger partial charge in [0.1, 0.15) is 0 Å². The maximum atomic E-state index is 5.00. The summed E-state index contributed by atoms with van der Waals surface area (Å²) < 4.78 is 5.00. The van der Waals surface area contributed by atoms with Crippen LogP contribution in [-0.2, 0) is 4.74 Å². The molecule has 0 aromatic carbocycles. The zero-order valence-corrected chi connectivity index (χ0v) is 11.3. The molecule has 0 aliphatic rings. The minimum absolute atomic E-state index is 0.786. The maximum Gasteiger partial charge on any atom is 0.0470 e. The molecule has 0 aliphatic heterocycles. The lowest BCUT2D eigenvalue weighted by Gasteiger charge is -2.17. The summed E-state index contributed by atoms with van der Waals surface area (Å²) in [5.74, 6) is 4.10. The second-order valence-corrected chi connectivity index (χ2v) is 5.38. The predicted molar refractivity (Wildman–Crippen MR) is 65.9 cm³/mol. The molecule has 13 heavy (non-hydrogen) atoms. The van der Waals surface area contributed by atoms with E-state index in [2.05, 4.69) is 29.8 Å². The van der Waals surface area contributed by atoms with Gasteiger partial charge in [0.25, 0.3) is 0 Å². The highest BCUT2D eigenvalue weighted by Gasteiger charge is 2.10. The summed E-state index contributed by atoms with van der Waals surface area (Å²) >= 11 is 5.61. The van der Waals surface area contributed by atoms with Crippen LogP contribution in [0.3, 0.4) is 0 Å². The van der Waals surface area contributed by atoms with E-state index in [1.54, 1.807) is 7.11 Å². The van der Waals surface area contributed by atoms with Crippen molar-refractivity contribution in [1.29, 1.82) is 0 Å². The van der Waals surface area contributed by atoms with Crippen LogP contribution in [0, 0.1) is 11.8 Å². The van der Waals surface area contributed by atoms with Crippen molar-refractivity contribution in [1.82, 2.24) is 0 Å². The van der Waals surface area contributed by atoms with Gasteiger partial charge in [-0.3, -0.25) is 0 Å². The van der Waals surface area contributed by atoms with Crippen LogP contribution in [0.15, 0.2) is 0 Å². The summed E-state index contributed by atoms with van der Waals surface area (Å²) in [6.07, 6.45) is 1.17. The highest BCUT2D eigenvalue weighted by molar-refractivity contribution is 9.09. The molecule has 0 aromatic heterocycles. The molecule has 0 bridgehead atoms. The lowest BCUT2D eigenvalue weighted by atomic mass is 10.0. The van der Waals surface area contributed by atoms with Crippen molar-refractivity contribution in [2.24, 2.45) is 11.8 Å². The molecule has 0 aromatic rings. The lowest BCUT2D eigenvalue weighted by molar-refractivity contribution is 0.200. The number of halogens is 1. The van der Waals surface area contributed by atoms with E-state index in [1.165, 1.54) is 17.9 Å². The second kappa shape index (κ2) is 9.35. The Kier molecular flexibility index (Phi) is 9.92. The van der Waals surface area contributed by atoms with Crippen LogP contribution < -0.4 is 0 Å². The summed E-state index contributed by atoms with van der Waals surface area (Å²) in [6, 6.07) is 0. The van der Waals surface area contributed by atoms with Gasteiger partial charge in [-0.15, -0.1) is 0 Å². The number of hydrogen-bond donors (Lipinski definition) is 0. The third-order valence-corrected chi connectivity index (χ3v) is 4.18. The van der Waals surface area contributed by atoms with Gasteiger partial charge in [0.15, 0.2) is 0 Å². The van der Waals surface area contributed by atoms with E-state index < -0.39 is 0 Å². The van der Waals surface area contributed by atoms with Crippen LogP contribution >= 0.6 is 27.7 Å². The van der Waals surface area contributed by atoms with Crippen molar-refractivity contribution in [3.8, 4) is 0 Å². The highest BCUT2D eigenvalue weighted by atomic mass is 79.9. The standard InChI is InChI=1S/C10H21BrOS/c1-9(2)10(7-11)8-13-6-4-5-12-3/h9-10H,4-8H2,1-3H3. The molecule has 0 amide bonds. The van der Waals surface area contributed by atoms with Gasteiger partial charge in [0, 0.05) is 19.0 Å². The molecular formula is C10H21BrOS. The van der Waals surface area contributed by atoms with Gasteiger partial charge < -0.3 is 4.74 Å². The van der Waals surface area contributed by atoms with Gasteiger partial charge in [-0.1, -0.05) is 29.8 Å². The number of hydrogen-bond acceptors (Lipinski definition) is 2. The third-order valence-electron chi connectivity index (χ3n) is 2.11. The van der Waals surface area contributed by atoms with Gasteiger partial charge in [-0.25, -0.2) is 0 Å². The Morgan fingerprint density at radius 3 is 2.54 bits per heavy atom. The molecule has 0 aliphatic carbocycles. The molecular weight excluding hydrogens is 248 g/mol. The molecule has 0 saturated carbocycles. The molecule has 0 spiro atoms. The summed E-state index contributed by atoms with van der Waals surface area (Å²) in [5, 5.41) is 1.13. The van der Waals surface area contributed by atoms with Gasteiger partial charge in [0.05, 0.1) is 0 Å². The number of thioether (sulfide) groups is 1. The fraction of sp³-hybridized carbons (Fsp3) is 1.00. The molecule has 0 rings (SSSR count). The SMILES string of the molecule is COCCCSCC(CBr)C(C)C. The molecule has 0 radical (unpaired) electrons. The van der Waals surface area contributed by atoms with E-state index in [-0.39, 0.29) is 0 Å². The van der Waals surface area contributed by atoms with Crippen LogP contribution in [0.1, 0.15) is 20.3 Å². The first-order chi connectivity index (χ1) is 6.22. The Bertz CT molecular complexity index is 109. The Morgan fingerprint density at radius 2 is 2.08 bits per heavy atom. The molecule has 0 saturated heterocycles. The average molecular weight is 269 g/mol. The fourth-order valence-corrected chi connectivity index (χ4v) is 3.53. The van der Waals surface area contributed by atoms with E-state index in [0.717, 1.165) is 23.8 Å². The molecule has 1 nitrogen and oxygen atoms in total. The molecule has 80 valence electrons. The zero-order valence-electron chi connectivity index (χ0n) is 8.88. The summed E-state index contributed by atoms with van der Waals surface area (Å²) in [5.41, 5.74) is 0. The predicted octanol–water partition coefficient (Wildman–Crippen LogP) is 3.42. The molecule has 0 heterocycles. The quantitative estimate of drug-likeness (QED) is 0.493. The van der Waals surface area contributed by atoms with Crippen LogP contribution in [0.4, 0.5) is 0 Å². The van der Waals surface area contributed by atoms with Crippen molar-refractivity contribution >= 4 is 27.7 Å². The van der Waals surface area contributed by atoms with Gasteiger partial charge >= 0.3 is 0 Å². The summed E-state index contributed by atoms with van der Waals surface area (Å²) in [4.78, 5) is 0. The van der Waals surface area contributed by atoms with E-state index in [1.807, 2.05) is 11.8 Å². The van der Waals surface area contributed by atoms with Crippen LogP contribution in [-0.4, -0.2) is 30.6 Å². The van der Waals surface area contributed by atoms with Gasteiger partial charge in [-0.2, -0.15) is 11.8 Å². The first kappa shape index (κ1) is 13.8. The average Bonchev–Trinajstić information content (AvgIpc) is 2.10. The van der Waals surface area contributed by atoms with E-state index >= 15 is 0 Å². The Labute approximate surface area is 95.1 Å². The first-order valence-electron chi connectivity index (χ1n) is 4.85. The van der Waals surface area contributed by atoms with Gasteiger partial charge in [-0.05, 0) is 29.8 Å². The molecule has 1 atom stereocenters. The van der Waals surface area contributed by atoms with E-state index in [4.69, 9.17) is 4.74 Å². The van der Waals surface area contributed by atoms with Crippen LogP contribution in [0.5, 0.6) is 0 Å². The van der Waals surface area contributed by atoms with Gasteiger partial charge in [0.2, 0.25) is 0 Å². The molecule has 1 unspecified atom stereocenters. The minimum Gasteiger partial charge on any atom is -0.385 e. The van der Waals surface area contributed by atoms with Crippen molar-refractivity contribution < 1.29 is 4.74 Å². The lowest BCUT2D eigenvalue weighted by Crippen LogP contribution is -2.13. The van der Waals surface area contributed by atoms with E-state index in [9.17, 15) is 0 Å². The number of rotatable bonds is 8. The largest absolute Gasteiger partial charge is 0.385 e. The van der Waals surface area contributed by atoms with Crippen molar-refractivity contribution in [2.75, 3.05) is 30.6 Å². The molecule has 3 heteroatoms. The zero-order chi connectivity index (χ0) is 10.1. The Balaban J connectivity index is 3.28. The number of alkyl halides is 1. The normalized spacial score (nSPS) is 13.6. The van der Waals surface area contributed by atoms with Crippen molar-refractivity contribution in [3.05, 3.63) is 0 Å². The summed E-state index contributed by atoms with van der Waals surface area (Å²) in [6.45, 7) is 5.48. The minimum atomic E-state index is 0.786. The number of methoxy groups -OCH3 is 1. The first-order valence-corrected chi connectivity index (χ1v) is 7.12. The summed E-state index contributed by atoms with van der Waals surface area (Å²) in [7, 11) is 1.76. The van der Waals surface area contributed by atoms with Crippen LogP contribution in [0.2, 0.25) is 0 Å². The maximum absolute atomic E-state index is 5.00.